The lowest BCUT2D eigenvalue weighted by Crippen LogP contribution is -2.42. The number of carbonyl (C=O) groups excluding carboxylic acids is 1. The number of aromatic nitrogens is 4. The van der Waals surface area contributed by atoms with Crippen LogP contribution in [0.15, 0.2) is 81.9 Å². The highest BCUT2D eigenvalue weighted by atomic mass is 79.9. The molecule has 12 heteroatoms. The van der Waals surface area contributed by atoms with Gasteiger partial charge < -0.3 is 19.0 Å². The van der Waals surface area contributed by atoms with Crippen molar-refractivity contribution in [2.75, 3.05) is 6.61 Å². The van der Waals surface area contributed by atoms with Gasteiger partial charge >= 0.3 is 0 Å². The predicted octanol–water partition coefficient (Wildman–Crippen LogP) is 6.19. The fraction of sp³-hybridized carbons (Fsp3) is 0.194. The average molecular weight is 664 g/mol. The zero-order chi connectivity index (χ0) is 30.0. The summed E-state index contributed by atoms with van der Waals surface area (Å²) < 4.78 is 23.0. The molecule has 3 aromatic carbocycles. The largest absolute Gasteiger partial charge is 0.490 e. The summed E-state index contributed by atoms with van der Waals surface area (Å²) in [5.74, 6) is 0.916. The van der Waals surface area contributed by atoms with Crippen LogP contribution in [0, 0.1) is 6.92 Å². The Balaban J connectivity index is 1.30. The number of nitrogens with zero attached hydrogens (tertiary/aromatic N) is 4. The lowest BCUT2D eigenvalue weighted by molar-refractivity contribution is 0.111. The first kappa shape index (κ1) is 28.8. The molecule has 5 aromatic rings. The maximum Gasteiger partial charge on any atom is 0.241 e. The van der Waals surface area contributed by atoms with Gasteiger partial charge in [-0.2, -0.15) is 0 Å². The van der Waals surface area contributed by atoms with Crippen molar-refractivity contribution >= 4 is 50.4 Å². The third kappa shape index (κ3) is 5.58. The van der Waals surface area contributed by atoms with E-state index in [-0.39, 0.29) is 46.2 Å². The molecule has 2 heterocycles. The molecule has 0 bridgehead atoms. The number of aliphatic hydroxyl groups excluding tert-OH is 1. The van der Waals surface area contributed by atoms with E-state index in [0.717, 1.165) is 22.3 Å². The molecule has 0 radical (unpaired) electrons. The Bertz CT molecular complexity index is 1870. The standard InChI is InChI=1S/C31H24BrClN4O6/c1-18-5-2-3-6-21(18)22-7-4-10-31(29(22)32,30-35-34-28(15-39)42-30)17-41-27-13-26(20(14-38)12-23(27)33)40-16-19-8-9-24-25(11-19)37-43-36-24/h2-14,29,39H,15-17H2,1H3. The summed E-state index contributed by atoms with van der Waals surface area (Å²) in [6, 6.07) is 16.5. The van der Waals surface area contributed by atoms with Crippen molar-refractivity contribution in [3.63, 3.8) is 0 Å². The summed E-state index contributed by atoms with van der Waals surface area (Å²) in [5.41, 5.74) is 4.43. The fourth-order valence-corrected chi connectivity index (χ4v) is 6.02. The number of allylic oxidation sites excluding steroid dienone is 3. The second-order valence-electron chi connectivity index (χ2n) is 9.96. The van der Waals surface area contributed by atoms with Gasteiger partial charge in [0.15, 0.2) is 6.29 Å². The quantitative estimate of drug-likeness (QED) is 0.136. The van der Waals surface area contributed by atoms with Crippen molar-refractivity contribution in [3.8, 4) is 11.5 Å². The maximum absolute atomic E-state index is 11.9. The van der Waals surface area contributed by atoms with E-state index in [0.29, 0.717) is 23.1 Å². The number of alkyl halides is 1. The maximum atomic E-state index is 11.9. The van der Waals surface area contributed by atoms with Gasteiger partial charge in [0.25, 0.3) is 0 Å². The minimum absolute atomic E-state index is 0.0190. The van der Waals surface area contributed by atoms with Crippen LogP contribution in [0.3, 0.4) is 0 Å². The molecule has 43 heavy (non-hydrogen) atoms. The Labute approximate surface area is 259 Å². The van der Waals surface area contributed by atoms with Gasteiger partial charge in [-0.3, -0.25) is 4.79 Å². The average Bonchev–Trinajstić information content (AvgIpc) is 3.71. The van der Waals surface area contributed by atoms with Crippen LogP contribution in [-0.2, 0) is 18.6 Å². The number of rotatable bonds is 10. The molecule has 0 spiro atoms. The molecule has 1 aliphatic carbocycles. The van der Waals surface area contributed by atoms with Crippen molar-refractivity contribution in [2.24, 2.45) is 0 Å². The minimum atomic E-state index is -0.985. The van der Waals surface area contributed by atoms with Crippen LogP contribution in [0.2, 0.25) is 5.02 Å². The van der Waals surface area contributed by atoms with E-state index >= 15 is 0 Å². The van der Waals surface area contributed by atoms with Crippen molar-refractivity contribution in [1.29, 1.82) is 0 Å². The number of ether oxygens (including phenoxy) is 2. The van der Waals surface area contributed by atoms with Crippen LogP contribution < -0.4 is 9.47 Å². The van der Waals surface area contributed by atoms with Crippen LogP contribution >= 0.6 is 27.5 Å². The Morgan fingerprint density at radius 2 is 1.91 bits per heavy atom. The Hall–Kier alpha value is -4.32. The molecule has 2 atom stereocenters. The third-order valence-corrected chi connectivity index (χ3v) is 8.83. The number of halogens is 2. The van der Waals surface area contributed by atoms with Gasteiger partial charge in [-0.25, -0.2) is 4.63 Å². The number of hydrogen-bond donors (Lipinski definition) is 1. The Morgan fingerprint density at radius 3 is 2.70 bits per heavy atom. The van der Waals surface area contributed by atoms with Gasteiger partial charge in [0.1, 0.15) is 47.8 Å². The van der Waals surface area contributed by atoms with E-state index < -0.39 is 12.0 Å². The lowest BCUT2D eigenvalue weighted by atomic mass is 9.76. The van der Waals surface area contributed by atoms with E-state index in [1.807, 2.05) is 55.5 Å². The van der Waals surface area contributed by atoms with Gasteiger partial charge in [0.05, 0.1) is 15.4 Å². The van der Waals surface area contributed by atoms with E-state index in [4.69, 9.17) is 30.1 Å². The summed E-state index contributed by atoms with van der Waals surface area (Å²) in [7, 11) is 0. The smallest absolute Gasteiger partial charge is 0.241 e. The normalized spacial score (nSPS) is 18.0. The van der Waals surface area contributed by atoms with Gasteiger partial charge in [-0.05, 0) is 57.7 Å². The number of aliphatic hydroxyl groups is 1. The zero-order valence-corrected chi connectivity index (χ0v) is 25.1. The first-order chi connectivity index (χ1) is 20.9. The highest BCUT2D eigenvalue weighted by molar-refractivity contribution is 9.09. The lowest BCUT2D eigenvalue weighted by Gasteiger charge is -2.36. The molecular formula is C31H24BrClN4O6. The molecule has 218 valence electrons. The van der Waals surface area contributed by atoms with E-state index in [1.54, 1.807) is 18.2 Å². The van der Waals surface area contributed by atoms with Gasteiger partial charge in [-0.1, -0.05) is 76.1 Å². The minimum Gasteiger partial charge on any atom is -0.490 e. The first-order valence-electron chi connectivity index (χ1n) is 13.2. The van der Waals surface area contributed by atoms with E-state index in [1.165, 1.54) is 6.07 Å². The first-order valence-corrected chi connectivity index (χ1v) is 14.5. The monoisotopic (exact) mass is 662 g/mol. The second kappa shape index (κ2) is 12.1. The highest BCUT2D eigenvalue weighted by Crippen LogP contribution is 2.45. The predicted molar refractivity (Wildman–Crippen MR) is 161 cm³/mol. The van der Waals surface area contributed by atoms with Crippen LogP contribution in [0.25, 0.3) is 16.6 Å². The number of fused-ring (bicyclic) bond motifs is 1. The SMILES string of the molecule is Cc1ccccc1C1=CC=CC(COc2cc(OCc3ccc4nonc4c3)c(C=O)cc2Cl)(c2nnc(CO)o2)C1Br. The molecule has 2 aromatic heterocycles. The van der Waals surface area contributed by atoms with Gasteiger partial charge in [0, 0.05) is 6.07 Å². The summed E-state index contributed by atoms with van der Waals surface area (Å²) >= 11 is 10.5. The number of hydrogen-bond acceptors (Lipinski definition) is 10. The highest BCUT2D eigenvalue weighted by Gasteiger charge is 2.46. The van der Waals surface area contributed by atoms with Crippen molar-refractivity contribution < 1.29 is 28.4 Å². The van der Waals surface area contributed by atoms with Crippen LogP contribution in [0.5, 0.6) is 11.5 Å². The molecule has 0 saturated heterocycles. The number of carbonyl (C=O) groups is 1. The molecule has 0 aliphatic heterocycles. The van der Waals surface area contributed by atoms with Gasteiger partial charge in [-0.15, -0.1) is 10.2 Å². The summed E-state index contributed by atoms with van der Waals surface area (Å²) in [5, 5.41) is 25.8. The van der Waals surface area contributed by atoms with E-state index in [2.05, 4.69) is 36.4 Å². The number of benzene rings is 3. The molecule has 0 amide bonds. The molecule has 0 fully saturated rings. The fourth-order valence-electron chi connectivity index (χ4n) is 4.91. The van der Waals surface area contributed by atoms with Crippen LogP contribution in [0.1, 0.15) is 38.8 Å². The van der Waals surface area contributed by atoms with Crippen LogP contribution in [-0.4, -0.2) is 43.3 Å². The number of aryl methyl sites for hydroxylation is 1. The zero-order valence-electron chi connectivity index (χ0n) is 22.7. The molecule has 6 rings (SSSR count). The van der Waals surface area contributed by atoms with Gasteiger partial charge in [0.2, 0.25) is 11.8 Å². The summed E-state index contributed by atoms with van der Waals surface area (Å²) in [6.07, 6.45) is 6.53. The topological polar surface area (TPSA) is 134 Å². The Morgan fingerprint density at radius 1 is 1.07 bits per heavy atom. The summed E-state index contributed by atoms with van der Waals surface area (Å²) in [4.78, 5) is 11.5. The number of aldehydes is 1. The van der Waals surface area contributed by atoms with Crippen molar-refractivity contribution in [3.05, 3.63) is 112 Å². The molecular weight excluding hydrogens is 640 g/mol. The molecule has 0 saturated carbocycles. The molecule has 10 nitrogen and oxygen atoms in total. The Kier molecular flexibility index (Phi) is 8.11. The summed E-state index contributed by atoms with van der Waals surface area (Å²) in [6.45, 7) is 1.81. The van der Waals surface area contributed by atoms with Crippen LogP contribution in [0.4, 0.5) is 0 Å². The second-order valence-corrected chi connectivity index (χ2v) is 11.3. The third-order valence-electron chi connectivity index (χ3n) is 7.22. The molecule has 1 N–H and O–H groups in total. The van der Waals surface area contributed by atoms with E-state index in [9.17, 15) is 9.90 Å². The van der Waals surface area contributed by atoms with Crippen molar-refractivity contribution in [1.82, 2.24) is 20.5 Å². The molecule has 2 unspecified atom stereocenters. The molecule has 1 aliphatic rings. The van der Waals surface area contributed by atoms with Crippen molar-refractivity contribution in [2.45, 2.75) is 30.4 Å².